The zero-order chi connectivity index (χ0) is 18.3. The standard InChI is InChI=1S/C19H23N3O3/c1-19(2,3)25-18(24)21-12-11-20-17(23)15-9-10-16(22-13-15)14-7-5-4-6-8-14/h4-10,13H,11-12H2,1-3H3,(H,20,23)(H,21,24). The van der Waals surface area contributed by atoms with E-state index in [1.54, 1.807) is 33.0 Å². The molecule has 0 saturated carbocycles. The highest BCUT2D eigenvalue weighted by Crippen LogP contribution is 2.16. The molecule has 132 valence electrons. The van der Waals surface area contributed by atoms with E-state index < -0.39 is 11.7 Å². The molecule has 0 aliphatic carbocycles. The monoisotopic (exact) mass is 341 g/mol. The van der Waals surface area contributed by atoms with Crippen LogP contribution in [0.15, 0.2) is 48.7 Å². The smallest absolute Gasteiger partial charge is 0.407 e. The fourth-order valence-corrected chi connectivity index (χ4v) is 2.06. The average molecular weight is 341 g/mol. The number of nitrogens with one attached hydrogen (secondary N) is 2. The highest BCUT2D eigenvalue weighted by atomic mass is 16.6. The summed E-state index contributed by atoms with van der Waals surface area (Å²) in [5.74, 6) is -0.238. The van der Waals surface area contributed by atoms with Crippen molar-refractivity contribution in [2.45, 2.75) is 26.4 Å². The SMILES string of the molecule is CC(C)(C)OC(=O)NCCNC(=O)c1ccc(-c2ccccc2)nc1. The Morgan fingerprint density at radius 1 is 1.00 bits per heavy atom. The molecule has 0 fully saturated rings. The molecule has 0 bridgehead atoms. The average Bonchev–Trinajstić information content (AvgIpc) is 2.58. The highest BCUT2D eigenvalue weighted by molar-refractivity contribution is 5.94. The molecule has 0 aliphatic heterocycles. The molecule has 2 N–H and O–H groups in total. The zero-order valence-electron chi connectivity index (χ0n) is 14.7. The Morgan fingerprint density at radius 2 is 1.68 bits per heavy atom. The maximum atomic E-state index is 12.1. The Morgan fingerprint density at radius 3 is 2.28 bits per heavy atom. The van der Waals surface area contributed by atoms with Gasteiger partial charge in [-0.3, -0.25) is 9.78 Å². The summed E-state index contributed by atoms with van der Waals surface area (Å²) in [6.07, 6.45) is 1.04. The Hall–Kier alpha value is -2.89. The van der Waals surface area contributed by atoms with Crippen LogP contribution < -0.4 is 10.6 Å². The van der Waals surface area contributed by atoms with Gasteiger partial charge in [0.2, 0.25) is 0 Å². The number of benzene rings is 1. The first kappa shape index (κ1) is 18.4. The van der Waals surface area contributed by atoms with Crippen molar-refractivity contribution in [3.63, 3.8) is 0 Å². The molecule has 0 unspecified atom stereocenters. The van der Waals surface area contributed by atoms with Crippen molar-refractivity contribution in [1.29, 1.82) is 0 Å². The van der Waals surface area contributed by atoms with Crippen LogP contribution in [-0.4, -0.2) is 35.7 Å². The molecule has 0 radical (unpaired) electrons. The molecule has 1 aromatic heterocycles. The van der Waals surface area contributed by atoms with E-state index in [0.29, 0.717) is 12.1 Å². The number of alkyl carbamates (subject to hydrolysis) is 1. The summed E-state index contributed by atoms with van der Waals surface area (Å²) in [6.45, 7) is 5.97. The van der Waals surface area contributed by atoms with Gasteiger partial charge in [-0.15, -0.1) is 0 Å². The summed E-state index contributed by atoms with van der Waals surface area (Å²) in [5, 5.41) is 5.31. The first-order chi connectivity index (χ1) is 11.8. The van der Waals surface area contributed by atoms with Gasteiger partial charge < -0.3 is 15.4 Å². The summed E-state index contributed by atoms with van der Waals surface area (Å²) in [6, 6.07) is 13.3. The number of ether oxygens (including phenoxy) is 1. The third kappa shape index (κ3) is 6.25. The van der Waals surface area contributed by atoms with Gasteiger partial charge in [-0.25, -0.2) is 4.79 Å². The second kappa shape index (κ2) is 8.28. The van der Waals surface area contributed by atoms with Gasteiger partial charge in [0.15, 0.2) is 0 Å². The number of carbonyl (C=O) groups excluding carboxylic acids is 2. The highest BCUT2D eigenvalue weighted by Gasteiger charge is 2.15. The lowest BCUT2D eigenvalue weighted by Gasteiger charge is -2.19. The van der Waals surface area contributed by atoms with E-state index in [-0.39, 0.29) is 12.5 Å². The van der Waals surface area contributed by atoms with E-state index >= 15 is 0 Å². The van der Waals surface area contributed by atoms with Gasteiger partial charge >= 0.3 is 6.09 Å². The molecule has 2 aromatic rings. The minimum Gasteiger partial charge on any atom is -0.444 e. The second-order valence-electron chi connectivity index (χ2n) is 6.48. The van der Waals surface area contributed by atoms with E-state index in [4.69, 9.17) is 4.74 Å². The van der Waals surface area contributed by atoms with Crippen LogP contribution in [0.1, 0.15) is 31.1 Å². The summed E-state index contributed by atoms with van der Waals surface area (Å²) in [4.78, 5) is 27.9. The normalized spacial score (nSPS) is 10.8. The number of hydrogen-bond acceptors (Lipinski definition) is 4. The minimum absolute atomic E-state index is 0.238. The molecule has 0 spiro atoms. The van der Waals surface area contributed by atoms with E-state index in [9.17, 15) is 9.59 Å². The second-order valence-corrected chi connectivity index (χ2v) is 6.48. The molecule has 0 aliphatic rings. The fourth-order valence-electron chi connectivity index (χ4n) is 2.06. The molecule has 2 rings (SSSR count). The Kier molecular flexibility index (Phi) is 6.11. The molecule has 1 heterocycles. The molecule has 25 heavy (non-hydrogen) atoms. The predicted octanol–water partition coefficient (Wildman–Crippen LogP) is 3.00. The maximum Gasteiger partial charge on any atom is 0.407 e. The lowest BCUT2D eigenvalue weighted by molar-refractivity contribution is 0.0526. The number of rotatable bonds is 5. The molecular formula is C19H23N3O3. The van der Waals surface area contributed by atoms with Gasteiger partial charge in [0.05, 0.1) is 11.3 Å². The summed E-state index contributed by atoms with van der Waals surface area (Å²) in [5.41, 5.74) is 1.73. The van der Waals surface area contributed by atoms with Crippen LogP contribution >= 0.6 is 0 Å². The van der Waals surface area contributed by atoms with E-state index in [2.05, 4.69) is 15.6 Å². The van der Waals surface area contributed by atoms with Gasteiger partial charge in [0.25, 0.3) is 5.91 Å². The summed E-state index contributed by atoms with van der Waals surface area (Å²) < 4.78 is 5.11. The third-order valence-electron chi connectivity index (χ3n) is 3.17. The van der Waals surface area contributed by atoms with Gasteiger partial charge in [0, 0.05) is 24.8 Å². The predicted molar refractivity (Wildman–Crippen MR) is 96.2 cm³/mol. The van der Waals surface area contributed by atoms with E-state index in [1.165, 1.54) is 0 Å². The van der Waals surface area contributed by atoms with Crippen molar-refractivity contribution in [2.24, 2.45) is 0 Å². The molecule has 0 saturated heterocycles. The topological polar surface area (TPSA) is 80.3 Å². The van der Waals surface area contributed by atoms with Crippen LogP contribution in [0.4, 0.5) is 4.79 Å². The number of carbonyl (C=O) groups is 2. The van der Waals surface area contributed by atoms with Crippen molar-refractivity contribution in [3.8, 4) is 11.3 Å². The number of aromatic nitrogens is 1. The van der Waals surface area contributed by atoms with Crippen LogP contribution in [-0.2, 0) is 4.74 Å². The van der Waals surface area contributed by atoms with E-state index in [0.717, 1.165) is 11.3 Å². The van der Waals surface area contributed by atoms with Gasteiger partial charge in [-0.1, -0.05) is 30.3 Å². The molecule has 1 aromatic carbocycles. The van der Waals surface area contributed by atoms with Crippen LogP contribution in [0.3, 0.4) is 0 Å². The largest absolute Gasteiger partial charge is 0.444 e. The zero-order valence-corrected chi connectivity index (χ0v) is 14.7. The van der Waals surface area contributed by atoms with Gasteiger partial charge in [0.1, 0.15) is 5.60 Å². The Labute approximate surface area is 147 Å². The quantitative estimate of drug-likeness (QED) is 0.819. The molecule has 6 heteroatoms. The van der Waals surface area contributed by atoms with Crippen molar-refractivity contribution >= 4 is 12.0 Å². The van der Waals surface area contributed by atoms with Crippen molar-refractivity contribution in [1.82, 2.24) is 15.6 Å². The maximum absolute atomic E-state index is 12.1. The number of hydrogen-bond donors (Lipinski definition) is 2. The Bertz CT molecular complexity index is 707. The first-order valence-electron chi connectivity index (χ1n) is 8.12. The molecular weight excluding hydrogens is 318 g/mol. The number of pyridine rings is 1. The molecule has 2 amide bonds. The fraction of sp³-hybridized carbons (Fsp3) is 0.316. The van der Waals surface area contributed by atoms with Gasteiger partial charge in [-0.05, 0) is 32.9 Å². The van der Waals surface area contributed by atoms with Crippen LogP contribution in [0.5, 0.6) is 0 Å². The van der Waals surface area contributed by atoms with Crippen LogP contribution in [0.2, 0.25) is 0 Å². The summed E-state index contributed by atoms with van der Waals surface area (Å²) in [7, 11) is 0. The lowest BCUT2D eigenvalue weighted by Crippen LogP contribution is -2.37. The Balaban J connectivity index is 1.79. The van der Waals surface area contributed by atoms with Crippen molar-refractivity contribution in [2.75, 3.05) is 13.1 Å². The summed E-state index contributed by atoms with van der Waals surface area (Å²) >= 11 is 0. The third-order valence-corrected chi connectivity index (χ3v) is 3.17. The first-order valence-corrected chi connectivity index (χ1v) is 8.12. The lowest BCUT2D eigenvalue weighted by atomic mass is 10.1. The van der Waals surface area contributed by atoms with Gasteiger partial charge in [-0.2, -0.15) is 0 Å². The van der Waals surface area contributed by atoms with Crippen molar-refractivity contribution in [3.05, 3.63) is 54.2 Å². The van der Waals surface area contributed by atoms with E-state index in [1.807, 2.05) is 36.4 Å². The minimum atomic E-state index is -0.542. The molecule has 6 nitrogen and oxygen atoms in total. The van der Waals surface area contributed by atoms with Crippen LogP contribution in [0.25, 0.3) is 11.3 Å². The molecule has 0 atom stereocenters. The van der Waals surface area contributed by atoms with Crippen molar-refractivity contribution < 1.29 is 14.3 Å². The number of amides is 2. The van der Waals surface area contributed by atoms with Crippen LogP contribution in [0, 0.1) is 0 Å². The number of nitrogens with zero attached hydrogens (tertiary/aromatic N) is 1.